The summed E-state index contributed by atoms with van der Waals surface area (Å²) >= 11 is 0. The number of carbonyl (C=O) groups is 1. The van der Waals surface area contributed by atoms with E-state index in [-0.39, 0.29) is 28.4 Å². The lowest BCUT2D eigenvalue weighted by Gasteiger charge is -2.14. The van der Waals surface area contributed by atoms with Gasteiger partial charge in [0.2, 0.25) is 5.43 Å². The topological polar surface area (TPSA) is 119 Å². The summed E-state index contributed by atoms with van der Waals surface area (Å²) in [4.78, 5) is 30.6. The average molecular weight is 605 g/mol. The number of nitrogens with zero attached hydrogens (tertiary/aromatic N) is 2. The Labute approximate surface area is 248 Å². The van der Waals surface area contributed by atoms with Crippen molar-refractivity contribution in [1.29, 1.82) is 0 Å². The van der Waals surface area contributed by atoms with Gasteiger partial charge < -0.3 is 25.5 Å². The van der Waals surface area contributed by atoms with Crippen molar-refractivity contribution in [2.24, 2.45) is 0 Å². The Hall–Kier alpha value is -5.65. The Morgan fingerprint density at radius 3 is 2.20 bits per heavy atom. The number of pyridine rings is 2. The molecule has 0 aliphatic rings. The third kappa shape index (κ3) is 6.54. The van der Waals surface area contributed by atoms with E-state index in [1.807, 2.05) is 0 Å². The minimum atomic E-state index is -4.62. The van der Waals surface area contributed by atoms with Gasteiger partial charge in [0.1, 0.15) is 23.7 Å². The first kappa shape index (κ1) is 29.8. The number of methoxy groups -OCH3 is 1. The standard InChI is InChI=1S/C32H24F4N4O4/c1-44-28-11-6-20(13-27(28)41)21-12-24(30(37)38-14-21)18-4-9-23(10-5-18)39-31(43)26-16-40(17-32(34,35)36)15-25(29(26)42)19-2-7-22(33)8-3-19/h2-16,41H,17H2,1H3,(H2,37,38)(H,39,43). The molecule has 3 aromatic carbocycles. The number of aromatic nitrogens is 2. The van der Waals surface area contributed by atoms with E-state index in [4.69, 9.17) is 10.5 Å². The number of anilines is 2. The second-order valence-corrected chi connectivity index (χ2v) is 9.78. The van der Waals surface area contributed by atoms with E-state index in [1.165, 1.54) is 37.4 Å². The van der Waals surface area contributed by atoms with Crippen LogP contribution in [0.3, 0.4) is 0 Å². The molecule has 1 amide bonds. The molecular weight excluding hydrogens is 580 g/mol. The third-order valence-corrected chi connectivity index (χ3v) is 6.73. The number of nitrogen functional groups attached to an aromatic ring is 1. The van der Waals surface area contributed by atoms with Crippen molar-refractivity contribution in [3.8, 4) is 44.9 Å². The molecule has 0 bridgehead atoms. The normalized spacial score (nSPS) is 11.3. The Morgan fingerprint density at radius 1 is 0.932 bits per heavy atom. The van der Waals surface area contributed by atoms with E-state index in [1.54, 1.807) is 36.5 Å². The average Bonchev–Trinajstić information content (AvgIpc) is 2.98. The van der Waals surface area contributed by atoms with E-state index < -0.39 is 35.4 Å². The van der Waals surface area contributed by atoms with Crippen LogP contribution in [0, 0.1) is 5.82 Å². The van der Waals surface area contributed by atoms with Crippen molar-refractivity contribution >= 4 is 17.4 Å². The molecule has 0 saturated carbocycles. The first-order valence-electron chi connectivity index (χ1n) is 13.0. The van der Waals surface area contributed by atoms with Gasteiger partial charge in [-0.3, -0.25) is 9.59 Å². The molecule has 2 heterocycles. The molecule has 0 unspecified atom stereocenters. The zero-order valence-corrected chi connectivity index (χ0v) is 23.0. The summed E-state index contributed by atoms with van der Waals surface area (Å²) in [5.74, 6) is -1.02. The lowest BCUT2D eigenvalue weighted by atomic mass is 10.0. The van der Waals surface area contributed by atoms with Crippen LogP contribution in [-0.2, 0) is 6.54 Å². The van der Waals surface area contributed by atoms with Gasteiger partial charge in [-0.15, -0.1) is 0 Å². The van der Waals surface area contributed by atoms with Crippen LogP contribution in [0.25, 0.3) is 33.4 Å². The number of rotatable bonds is 7. The van der Waals surface area contributed by atoms with Gasteiger partial charge in [0.15, 0.2) is 11.5 Å². The maximum atomic E-state index is 13.4. The lowest BCUT2D eigenvalue weighted by molar-refractivity contribution is -0.140. The number of nitrogens with one attached hydrogen (secondary N) is 1. The van der Waals surface area contributed by atoms with Crippen molar-refractivity contribution in [3.63, 3.8) is 0 Å². The molecule has 224 valence electrons. The van der Waals surface area contributed by atoms with Gasteiger partial charge in [-0.2, -0.15) is 13.2 Å². The molecule has 8 nitrogen and oxygen atoms in total. The highest BCUT2D eigenvalue weighted by Gasteiger charge is 2.29. The summed E-state index contributed by atoms with van der Waals surface area (Å²) in [6.07, 6.45) is -1.25. The zero-order chi connectivity index (χ0) is 31.6. The zero-order valence-electron chi connectivity index (χ0n) is 23.0. The molecular formula is C32H24F4N4O4. The van der Waals surface area contributed by atoms with Crippen LogP contribution >= 0.6 is 0 Å². The second-order valence-electron chi connectivity index (χ2n) is 9.78. The number of benzene rings is 3. The number of ether oxygens (including phenoxy) is 1. The first-order chi connectivity index (χ1) is 20.9. The molecule has 5 aromatic rings. The molecule has 0 saturated heterocycles. The van der Waals surface area contributed by atoms with Gasteiger partial charge in [-0.1, -0.05) is 30.3 Å². The fourth-order valence-corrected chi connectivity index (χ4v) is 4.59. The second kappa shape index (κ2) is 11.9. The summed E-state index contributed by atoms with van der Waals surface area (Å²) in [5.41, 5.74) is 7.55. The molecule has 0 atom stereocenters. The van der Waals surface area contributed by atoms with E-state index in [0.29, 0.717) is 32.6 Å². The summed E-state index contributed by atoms with van der Waals surface area (Å²) in [6.45, 7) is -1.44. The maximum Gasteiger partial charge on any atom is 0.406 e. The molecule has 12 heteroatoms. The number of phenolic OH excluding ortho intramolecular Hbond substituents is 1. The highest BCUT2D eigenvalue weighted by Crippen LogP contribution is 2.34. The van der Waals surface area contributed by atoms with Crippen molar-refractivity contribution < 1.29 is 32.2 Å². The molecule has 0 fully saturated rings. The third-order valence-electron chi connectivity index (χ3n) is 6.73. The molecule has 0 aliphatic carbocycles. The molecule has 0 aliphatic heterocycles. The Morgan fingerprint density at radius 2 is 1.57 bits per heavy atom. The summed E-state index contributed by atoms with van der Waals surface area (Å²) < 4.78 is 58.8. The number of alkyl halides is 3. The number of nitrogens with two attached hydrogens (primary N) is 1. The van der Waals surface area contributed by atoms with Gasteiger partial charge in [0.05, 0.1) is 7.11 Å². The highest BCUT2D eigenvalue weighted by molar-refractivity contribution is 6.04. The molecule has 2 aromatic heterocycles. The fraction of sp³-hybridized carbons (Fsp3) is 0.0938. The number of hydrogen-bond acceptors (Lipinski definition) is 6. The highest BCUT2D eigenvalue weighted by atomic mass is 19.4. The fourth-order valence-electron chi connectivity index (χ4n) is 4.59. The number of amides is 1. The van der Waals surface area contributed by atoms with Crippen molar-refractivity contribution in [2.45, 2.75) is 12.7 Å². The number of hydrogen-bond donors (Lipinski definition) is 3. The summed E-state index contributed by atoms with van der Waals surface area (Å²) in [7, 11) is 1.44. The Balaban J connectivity index is 1.43. The Bertz CT molecular complexity index is 1900. The van der Waals surface area contributed by atoms with E-state index >= 15 is 0 Å². The van der Waals surface area contributed by atoms with E-state index in [0.717, 1.165) is 24.5 Å². The predicted molar refractivity (Wildman–Crippen MR) is 158 cm³/mol. The van der Waals surface area contributed by atoms with Gasteiger partial charge in [0.25, 0.3) is 5.91 Å². The first-order valence-corrected chi connectivity index (χ1v) is 13.0. The van der Waals surface area contributed by atoms with Crippen LogP contribution in [0.1, 0.15) is 10.4 Å². The van der Waals surface area contributed by atoms with Crippen LogP contribution in [0.4, 0.5) is 29.1 Å². The minimum absolute atomic E-state index is 0.0446. The SMILES string of the molecule is COc1ccc(-c2cnc(N)c(-c3ccc(NC(=O)c4cn(CC(F)(F)F)cc(-c5ccc(F)cc5)c4=O)cc3)c2)cc1O. The van der Waals surface area contributed by atoms with Gasteiger partial charge in [0, 0.05) is 41.0 Å². The number of aromatic hydroxyl groups is 1. The van der Waals surface area contributed by atoms with Crippen LogP contribution in [0.5, 0.6) is 11.5 Å². The van der Waals surface area contributed by atoms with E-state index in [2.05, 4.69) is 10.3 Å². The Kier molecular flexibility index (Phi) is 8.08. The largest absolute Gasteiger partial charge is 0.504 e. The van der Waals surface area contributed by atoms with Gasteiger partial charge in [-0.25, -0.2) is 9.37 Å². The maximum absolute atomic E-state index is 13.4. The monoisotopic (exact) mass is 604 g/mol. The number of halogens is 4. The molecule has 0 spiro atoms. The van der Waals surface area contributed by atoms with Gasteiger partial charge in [-0.05, 0) is 59.2 Å². The van der Waals surface area contributed by atoms with Crippen LogP contribution in [0.2, 0.25) is 0 Å². The molecule has 0 radical (unpaired) electrons. The molecule has 44 heavy (non-hydrogen) atoms. The van der Waals surface area contributed by atoms with Gasteiger partial charge >= 0.3 is 6.18 Å². The quantitative estimate of drug-likeness (QED) is 0.183. The smallest absolute Gasteiger partial charge is 0.406 e. The predicted octanol–water partition coefficient (Wildman–Crippen LogP) is 6.49. The number of carbonyl (C=O) groups excluding carboxylic acids is 1. The van der Waals surface area contributed by atoms with Crippen LogP contribution < -0.4 is 21.2 Å². The van der Waals surface area contributed by atoms with Crippen LogP contribution in [0.15, 0.2) is 96.2 Å². The lowest BCUT2D eigenvalue weighted by Crippen LogP contribution is -2.27. The van der Waals surface area contributed by atoms with Crippen LogP contribution in [-0.4, -0.2) is 33.9 Å². The summed E-state index contributed by atoms with van der Waals surface area (Å²) in [6, 6.07) is 17.7. The molecule has 4 N–H and O–H groups in total. The molecule has 5 rings (SSSR count). The summed E-state index contributed by atoms with van der Waals surface area (Å²) in [5, 5.41) is 12.7. The van der Waals surface area contributed by atoms with Crippen molar-refractivity contribution in [2.75, 3.05) is 18.2 Å². The van der Waals surface area contributed by atoms with E-state index in [9.17, 15) is 32.3 Å². The van der Waals surface area contributed by atoms with Crippen molar-refractivity contribution in [1.82, 2.24) is 9.55 Å². The van der Waals surface area contributed by atoms with Crippen molar-refractivity contribution in [3.05, 3.63) is 113 Å². The minimum Gasteiger partial charge on any atom is -0.504 e. The number of phenols is 1.